The van der Waals surface area contributed by atoms with Crippen LogP contribution < -0.4 is 0 Å². The van der Waals surface area contributed by atoms with E-state index in [1.807, 2.05) is 0 Å². The predicted molar refractivity (Wildman–Crippen MR) is 72.9 cm³/mol. The number of carbonyl (C=O) groups is 1. The van der Waals surface area contributed by atoms with Crippen LogP contribution in [0.25, 0.3) is 0 Å². The zero-order valence-corrected chi connectivity index (χ0v) is 11.7. The average molecular weight is 240 g/mol. The number of hydrogen-bond acceptors (Lipinski definition) is 2. The summed E-state index contributed by atoms with van der Waals surface area (Å²) in [7, 11) is 1.45. The molecule has 0 saturated carbocycles. The average Bonchev–Trinajstić information content (AvgIpc) is 2.30. The normalized spacial score (nSPS) is 11.3. The van der Waals surface area contributed by atoms with Gasteiger partial charge in [0.2, 0.25) is 0 Å². The van der Waals surface area contributed by atoms with E-state index >= 15 is 0 Å². The maximum Gasteiger partial charge on any atom is 0.305 e. The molecule has 0 atom stereocenters. The lowest BCUT2D eigenvalue weighted by Gasteiger charge is -2.00. The van der Waals surface area contributed by atoms with Crippen LogP contribution in [0, 0.1) is 5.92 Å². The SMILES string of the molecule is COC(=O)CCCCCCCC=CCC(C)C. The third-order valence-corrected chi connectivity index (χ3v) is 2.75. The molecule has 0 N–H and O–H groups in total. The molecule has 0 spiro atoms. The van der Waals surface area contributed by atoms with Crippen LogP contribution in [0.3, 0.4) is 0 Å². The van der Waals surface area contributed by atoms with Gasteiger partial charge in [-0.25, -0.2) is 0 Å². The lowest BCUT2D eigenvalue weighted by Crippen LogP contribution is -1.99. The van der Waals surface area contributed by atoms with Gasteiger partial charge in [0.1, 0.15) is 0 Å². The molecule has 0 fully saturated rings. The van der Waals surface area contributed by atoms with Crippen molar-refractivity contribution < 1.29 is 9.53 Å². The van der Waals surface area contributed by atoms with E-state index in [2.05, 4.69) is 30.7 Å². The van der Waals surface area contributed by atoms with Crippen LogP contribution in [-0.4, -0.2) is 13.1 Å². The first-order chi connectivity index (χ1) is 8.16. The molecule has 0 aromatic carbocycles. The van der Waals surface area contributed by atoms with Crippen LogP contribution in [0.5, 0.6) is 0 Å². The summed E-state index contributed by atoms with van der Waals surface area (Å²) in [6.07, 6.45) is 13.4. The van der Waals surface area contributed by atoms with E-state index in [-0.39, 0.29) is 5.97 Å². The fraction of sp³-hybridized carbons (Fsp3) is 0.800. The maximum absolute atomic E-state index is 10.8. The van der Waals surface area contributed by atoms with Crippen LogP contribution in [0.1, 0.15) is 65.2 Å². The molecular formula is C15H28O2. The number of carbonyl (C=O) groups excluding carboxylic acids is 1. The molecule has 2 nitrogen and oxygen atoms in total. The minimum atomic E-state index is -0.0818. The van der Waals surface area contributed by atoms with E-state index < -0.39 is 0 Å². The summed E-state index contributed by atoms with van der Waals surface area (Å²) in [5, 5.41) is 0. The van der Waals surface area contributed by atoms with E-state index in [4.69, 9.17) is 0 Å². The second kappa shape index (κ2) is 11.7. The van der Waals surface area contributed by atoms with Crippen LogP contribution in [0.4, 0.5) is 0 Å². The molecule has 17 heavy (non-hydrogen) atoms. The molecule has 0 aromatic rings. The first-order valence-corrected chi connectivity index (χ1v) is 6.88. The molecule has 0 saturated heterocycles. The Hall–Kier alpha value is -0.790. The minimum Gasteiger partial charge on any atom is -0.469 e. The fourth-order valence-corrected chi connectivity index (χ4v) is 1.65. The molecule has 0 aliphatic carbocycles. The van der Waals surface area contributed by atoms with Crippen LogP contribution in [-0.2, 0) is 9.53 Å². The Kier molecular flexibility index (Phi) is 11.1. The van der Waals surface area contributed by atoms with Crippen molar-refractivity contribution in [2.75, 3.05) is 7.11 Å². The van der Waals surface area contributed by atoms with Crippen molar-refractivity contribution >= 4 is 5.97 Å². The quantitative estimate of drug-likeness (QED) is 0.319. The summed E-state index contributed by atoms with van der Waals surface area (Å²) in [6, 6.07) is 0. The van der Waals surface area contributed by atoms with Crippen molar-refractivity contribution in [3.05, 3.63) is 12.2 Å². The summed E-state index contributed by atoms with van der Waals surface area (Å²) >= 11 is 0. The zero-order chi connectivity index (χ0) is 12.9. The van der Waals surface area contributed by atoms with Gasteiger partial charge in [0.25, 0.3) is 0 Å². The molecule has 2 heteroatoms. The van der Waals surface area contributed by atoms with Crippen molar-refractivity contribution in [3.8, 4) is 0 Å². The van der Waals surface area contributed by atoms with E-state index in [9.17, 15) is 4.79 Å². The zero-order valence-electron chi connectivity index (χ0n) is 11.7. The van der Waals surface area contributed by atoms with Crippen molar-refractivity contribution in [3.63, 3.8) is 0 Å². The summed E-state index contributed by atoms with van der Waals surface area (Å²) in [5.41, 5.74) is 0. The lowest BCUT2D eigenvalue weighted by atomic mass is 10.1. The van der Waals surface area contributed by atoms with E-state index in [0.29, 0.717) is 6.42 Å². The number of rotatable bonds is 10. The van der Waals surface area contributed by atoms with E-state index in [0.717, 1.165) is 18.8 Å². The molecular weight excluding hydrogens is 212 g/mol. The van der Waals surface area contributed by atoms with Gasteiger partial charge in [-0.2, -0.15) is 0 Å². The van der Waals surface area contributed by atoms with Crippen molar-refractivity contribution in [2.45, 2.75) is 65.2 Å². The van der Waals surface area contributed by atoms with Gasteiger partial charge in [-0.1, -0.05) is 45.3 Å². The number of esters is 1. The van der Waals surface area contributed by atoms with Gasteiger partial charge in [-0.3, -0.25) is 4.79 Å². The highest BCUT2D eigenvalue weighted by Gasteiger charge is 1.98. The fourth-order valence-electron chi connectivity index (χ4n) is 1.65. The Balaban J connectivity index is 3.13. The van der Waals surface area contributed by atoms with Gasteiger partial charge in [-0.05, 0) is 31.6 Å². The topological polar surface area (TPSA) is 26.3 Å². The molecule has 0 aliphatic heterocycles. The van der Waals surface area contributed by atoms with E-state index in [1.165, 1.54) is 39.2 Å². The van der Waals surface area contributed by atoms with E-state index in [1.54, 1.807) is 0 Å². The number of allylic oxidation sites excluding steroid dienone is 2. The first kappa shape index (κ1) is 16.2. The number of unbranched alkanes of at least 4 members (excludes halogenated alkanes) is 5. The summed E-state index contributed by atoms with van der Waals surface area (Å²) in [6.45, 7) is 4.48. The Morgan fingerprint density at radius 2 is 1.71 bits per heavy atom. The third-order valence-electron chi connectivity index (χ3n) is 2.75. The van der Waals surface area contributed by atoms with Gasteiger partial charge >= 0.3 is 5.97 Å². The van der Waals surface area contributed by atoms with Crippen LogP contribution in [0.2, 0.25) is 0 Å². The third kappa shape index (κ3) is 13.1. The number of ether oxygens (including phenoxy) is 1. The molecule has 0 radical (unpaired) electrons. The van der Waals surface area contributed by atoms with Crippen LogP contribution >= 0.6 is 0 Å². The molecule has 0 rings (SSSR count). The Morgan fingerprint density at radius 3 is 2.35 bits per heavy atom. The Morgan fingerprint density at radius 1 is 1.06 bits per heavy atom. The molecule has 0 bridgehead atoms. The Bertz CT molecular complexity index is 207. The number of methoxy groups -OCH3 is 1. The summed E-state index contributed by atoms with van der Waals surface area (Å²) in [4.78, 5) is 10.8. The monoisotopic (exact) mass is 240 g/mol. The highest BCUT2D eigenvalue weighted by molar-refractivity contribution is 5.68. The second-order valence-corrected chi connectivity index (χ2v) is 4.98. The molecule has 0 amide bonds. The summed E-state index contributed by atoms with van der Waals surface area (Å²) < 4.78 is 4.59. The predicted octanol–water partition coefficient (Wildman–Crippen LogP) is 4.49. The number of hydrogen-bond donors (Lipinski definition) is 0. The van der Waals surface area contributed by atoms with Crippen LogP contribution in [0.15, 0.2) is 12.2 Å². The lowest BCUT2D eigenvalue weighted by molar-refractivity contribution is -0.140. The Labute approximate surface area is 106 Å². The van der Waals surface area contributed by atoms with Gasteiger partial charge in [0, 0.05) is 6.42 Å². The van der Waals surface area contributed by atoms with Gasteiger partial charge in [-0.15, -0.1) is 0 Å². The van der Waals surface area contributed by atoms with Gasteiger partial charge in [0.15, 0.2) is 0 Å². The molecule has 0 aliphatic rings. The first-order valence-electron chi connectivity index (χ1n) is 6.88. The van der Waals surface area contributed by atoms with Gasteiger partial charge in [0.05, 0.1) is 7.11 Å². The summed E-state index contributed by atoms with van der Waals surface area (Å²) in [5.74, 6) is 0.686. The van der Waals surface area contributed by atoms with Crippen molar-refractivity contribution in [2.24, 2.45) is 5.92 Å². The second-order valence-electron chi connectivity index (χ2n) is 4.98. The van der Waals surface area contributed by atoms with Crippen molar-refractivity contribution in [1.82, 2.24) is 0 Å². The molecule has 0 unspecified atom stereocenters. The highest BCUT2D eigenvalue weighted by atomic mass is 16.5. The standard InChI is InChI=1S/C15H28O2/c1-14(2)12-10-8-6-4-5-7-9-11-13-15(16)17-3/h8,10,14H,4-7,9,11-13H2,1-3H3. The maximum atomic E-state index is 10.8. The van der Waals surface area contributed by atoms with Gasteiger partial charge < -0.3 is 4.74 Å². The minimum absolute atomic E-state index is 0.0818. The smallest absolute Gasteiger partial charge is 0.305 e. The highest BCUT2D eigenvalue weighted by Crippen LogP contribution is 2.08. The molecule has 0 aromatic heterocycles. The molecule has 0 heterocycles. The molecule has 100 valence electrons. The van der Waals surface area contributed by atoms with Crippen molar-refractivity contribution in [1.29, 1.82) is 0 Å². The largest absolute Gasteiger partial charge is 0.469 e.